The largest absolute Gasteiger partial charge is 0.415 e. The number of benzene rings is 1. The van der Waals surface area contributed by atoms with Crippen LogP contribution in [0.1, 0.15) is 42.9 Å². The number of hydrogen-bond acceptors (Lipinski definition) is 6. The van der Waals surface area contributed by atoms with Crippen molar-refractivity contribution in [3.63, 3.8) is 0 Å². The predicted molar refractivity (Wildman–Crippen MR) is 136 cm³/mol. The Labute approximate surface area is 211 Å². The number of anilines is 1. The highest BCUT2D eigenvalue weighted by Gasteiger charge is 2.28. The molecule has 0 spiro atoms. The van der Waals surface area contributed by atoms with Crippen molar-refractivity contribution in [2.75, 3.05) is 52.1 Å². The van der Waals surface area contributed by atoms with Crippen molar-refractivity contribution in [3.05, 3.63) is 53.7 Å². The van der Waals surface area contributed by atoms with Gasteiger partial charge < -0.3 is 24.8 Å². The highest BCUT2D eigenvalue weighted by atomic mass is 16.6. The Hall–Kier alpha value is -3.66. The summed E-state index contributed by atoms with van der Waals surface area (Å²) < 4.78 is 5.70. The number of piperazine rings is 1. The van der Waals surface area contributed by atoms with Crippen LogP contribution in [0.15, 0.2) is 42.5 Å². The van der Waals surface area contributed by atoms with Crippen molar-refractivity contribution in [3.8, 4) is 5.75 Å². The minimum absolute atomic E-state index is 0.0591. The van der Waals surface area contributed by atoms with Crippen LogP contribution in [-0.2, 0) is 9.59 Å². The number of aromatic amines is 1. The van der Waals surface area contributed by atoms with E-state index in [1.54, 1.807) is 41.0 Å². The zero-order valence-electron chi connectivity index (χ0n) is 21.1. The molecule has 10 nitrogen and oxygen atoms in total. The van der Waals surface area contributed by atoms with Crippen molar-refractivity contribution in [1.29, 1.82) is 0 Å². The van der Waals surface area contributed by atoms with E-state index in [4.69, 9.17) is 4.74 Å². The molecule has 36 heavy (non-hydrogen) atoms. The molecular weight excluding hydrogens is 460 g/mol. The van der Waals surface area contributed by atoms with E-state index in [9.17, 15) is 14.4 Å². The Morgan fingerprint density at radius 1 is 1.17 bits per heavy atom. The van der Waals surface area contributed by atoms with Crippen molar-refractivity contribution in [1.82, 2.24) is 24.9 Å². The number of nitrogens with zero attached hydrogens (tertiary/aromatic N) is 4. The zero-order chi connectivity index (χ0) is 25.7. The second-order valence-corrected chi connectivity index (χ2v) is 9.58. The van der Waals surface area contributed by atoms with Crippen molar-refractivity contribution >= 4 is 23.7 Å². The first kappa shape index (κ1) is 25.4. The second-order valence-electron chi connectivity index (χ2n) is 9.58. The number of hydrogen-bond donors (Lipinski definition) is 2. The van der Waals surface area contributed by atoms with Crippen LogP contribution in [0.25, 0.3) is 0 Å². The van der Waals surface area contributed by atoms with Crippen LogP contribution in [0, 0.1) is 0 Å². The standard InChI is InChI=1S/C26H34N6O4/c1-18(25(34)27-23-17-21(28-29-23)19-10-11-19)20-7-4-5-8-22(20)36-26(35)32-15-13-31(14-16-32)24(33)9-6-12-30(2)3/h4-9,17-19H,10-16H2,1-3H3,(H2,27,28,29,34)/b9-6+. The predicted octanol–water partition coefficient (Wildman–Crippen LogP) is 2.79. The molecule has 2 aromatic rings. The van der Waals surface area contributed by atoms with Crippen LogP contribution in [0.2, 0.25) is 0 Å². The molecule has 1 aromatic carbocycles. The van der Waals surface area contributed by atoms with E-state index in [1.165, 1.54) is 0 Å². The van der Waals surface area contributed by atoms with Crippen LogP contribution in [-0.4, -0.2) is 89.6 Å². The minimum Gasteiger partial charge on any atom is -0.410 e. The summed E-state index contributed by atoms with van der Waals surface area (Å²) in [6, 6.07) is 8.92. The summed E-state index contributed by atoms with van der Waals surface area (Å²) >= 11 is 0. The molecule has 1 aromatic heterocycles. The lowest BCUT2D eigenvalue weighted by molar-refractivity contribution is -0.127. The second kappa shape index (κ2) is 11.4. The molecule has 2 heterocycles. The van der Waals surface area contributed by atoms with Gasteiger partial charge in [0.1, 0.15) is 5.75 Å². The third-order valence-electron chi connectivity index (χ3n) is 6.42. The van der Waals surface area contributed by atoms with Crippen LogP contribution < -0.4 is 10.1 Å². The molecule has 2 N–H and O–H groups in total. The summed E-state index contributed by atoms with van der Waals surface area (Å²) in [4.78, 5) is 43.4. The van der Waals surface area contributed by atoms with Gasteiger partial charge in [-0.1, -0.05) is 24.3 Å². The summed E-state index contributed by atoms with van der Waals surface area (Å²) in [7, 11) is 3.88. The summed E-state index contributed by atoms with van der Waals surface area (Å²) in [5.41, 5.74) is 1.65. The molecule has 1 unspecified atom stereocenters. The molecule has 10 heteroatoms. The number of carbonyl (C=O) groups excluding carboxylic acids is 3. The van der Waals surface area contributed by atoms with E-state index in [0.29, 0.717) is 55.8 Å². The summed E-state index contributed by atoms with van der Waals surface area (Å²) in [6.45, 7) is 4.10. The fourth-order valence-electron chi connectivity index (χ4n) is 4.05. The lowest BCUT2D eigenvalue weighted by Gasteiger charge is -2.33. The average molecular weight is 495 g/mol. The first-order chi connectivity index (χ1) is 17.3. The molecule has 1 aliphatic heterocycles. The fourth-order valence-corrected chi connectivity index (χ4v) is 4.05. The molecule has 0 radical (unpaired) electrons. The molecule has 4 rings (SSSR count). The van der Waals surface area contributed by atoms with Gasteiger partial charge in [-0.3, -0.25) is 14.7 Å². The van der Waals surface area contributed by atoms with E-state index in [-0.39, 0.29) is 11.8 Å². The topological polar surface area (TPSA) is 111 Å². The van der Waals surface area contributed by atoms with E-state index in [1.807, 2.05) is 37.2 Å². The normalized spacial score (nSPS) is 16.9. The molecule has 1 aliphatic carbocycles. The smallest absolute Gasteiger partial charge is 0.410 e. The maximum Gasteiger partial charge on any atom is 0.415 e. The molecule has 1 saturated heterocycles. The highest BCUT2D eigenvalue weighted by Crippen LogP contribution is 2.39. The lowest BCUT2D eigenvalue weighted by atomic mass is 9.99. The van der Waals surface area contributed by atoms with Crippen molar-refractivity contribution < 1.29 is 19.1 Å². The third kappa shape index (κ3) is 6.51. The SMILES string of the molecule is CC(C(=O)Nc1cc(C2CC2)[nH]n1)c1ccccc1OC(=O)N1CCN(C(=O)/C=C/CN(C)C)CC1. The monoisotopic (exact) mass is 494 g/mol. The number of ether oxygens (including phenoxy) is 1. The summed E-state index contributed by atoms with van der Waals surface area (Å²) in [5, 5.41) is 10.0. The van der Waals surface area contributed by atoms with Gasteiger partial charge in [0, 0.05) is 62.0 Å². The summed E-state index contributed by atoms with van der Waals surface area (Å²) in [6.07, 6.45) is 5.20. The molecule has 1 saturated carbocycles. The van der Waals surface area contributed by atoms with Gasteiger partial charge in [0.15, 0.2) is 5.82 Å². The van der Waals surface area contributed by atoms with E-state index in [2.05, 4.69) is 15.5 Å². The number of aromatic nitrogens is 2. The Bertz CT molecular complexity index is 1120. The highest BCUT2D eigenvalue weighted by molar-refractivity contribution is 5.95. The van der Waals surface area contributed by atoms with Gasteiger partial charge in [-0.15, -0.1) is 0 Å². The number of H-pyrrole nitrogens is 1. The molecule has 3 amide bonds. The molecule has 2 fully saturated rings. The van der Waals surface area contributed by atoms with Gasteiger partial charge in [-0.25, -0.2) is 4.79 Å². The lowest BCUT2D eigenvalue weighted by Crippen LogP contribution is -2.51. The van der Waals surface area contributed by atoms with E-state index < -0.39 is 12.0 Å². The van der Waals surface area contributed by atoms with Crippen LogP contribution in [0.5, 0.6) is 5.75 Å². The van der Waals surface area contributed by atoms with Crippen LogP contribution in [0.3, 0.4) is 0 Å². The maximum absolute atomic E-state index is 12.9. The van der Waals surface area contributed by atoms with Crippen molar-refractivity contribution in [2.24, 2.45) is 0 Å². The van der Waals surface area contributed by atoms with Crippen LogP contribution >= 0.6 is 0 Å². The van der Waals surface area contributed by atoms with Gasteiger partial charge in [0.2, 0.25) is 11.8 Å². The number of amides is 3. The molecule has 192 valence electrons. The number of nitrogens with one attached hydrogen (secondary N) is 2. The van der Waals surface area contributed by atoms with E-state index >= 15 is 0 Å². The van der Waals surface area contributed by atoms with Gasteiger partial charge in [-0.05, 0) is 39.9 Å². The Morgan fingerprint density at radius 3 is 2.56 bits per heavy atom. The Morgan fingerprint density at radius 2 is 1.86 bits per heavy atom. The van der Waals surface area contributed by atoms with Gasteiger partial charge in [-0.2, -0.15) is 5.10 Å². The molecule has 2 aliphatic rings. The maximum atomic E-state index is 12.9. The van der Waals surface area contributed by atoms with E-state index in [0.717, 1.165) is 18.5 Å². The van der Waals surface area contributed by atoms with Gasteiger partial charge in [0.05, 0.1) is 5.92 Å². The Kier molecular flexibility index (Phi) is 8.04. The fraction of sp³-hybridized carbons (Fsp3) is 0.462. The van der Waals surface area contributed by atoms with Crippen molar-refractivity contribution in [2.45, 2.75) is 31.6 Å². The summed E-state index contributed by atoms with van der Waals surface area (Å²) in [5.74, 6) is 0.500. The first-order valence-corrected chi connectivity index (χ1v) is 12.3. The number of rotatable bonds is 8. The van der Waals surface area contributed by atoms with Gasteiger partial charge >= 0.3 is 6.09 Å². The average Bonchev–Trinajstić information content (AvgIpc) is 3.62. The Balaban J connectivity index is 1.32. The zero-order valence-corrected chi connectivity index (χ0v) is 21.1. The van der Waals surface area contributed by atoms with Gasteiger partial charge in [0.25, 0.3) is 0 Å². The van der Waals surface area contributed by atoms with Crippen LogP contribution in [0.4, 0.5) is 10.6 Å². The molecule has 0 bridgehead atoms. The molecular formula is C26H34N6O4. The first-order valence-electron chi connectivity index (χ1n) is 12.3. The third-order valence-corrected chi connectivity index (χ3v) is 6.42. The number of carbonyl (C=O) groups is 3. The number of likely N-dealkylation sites (N-methyl/N-ethyl adjacent to an activating group) is 1. The number of para-hydroxylation sites is 1. The molecule has 1 atom stereocenters. The quantitative estimate of drug-likeness (QED) is 0.546. The minimum atomic E-state index is -0.557.